The standard InChI is InChI=1S/C23H40N2O6/c1-2-3-4-9-14-24-23(29)30-16-21(26)25-15-18-17(19-12-13-20(18)31-19)10-7-5-6-8-11-22(27)28/h17-20H,2-16H2,1H3,(H,24,29)(H,25,26)(H,27,28). The highest BCUT2D eigenvalue weighted by Crippen LogP contribution is 2.45. The zero-order valence-electron chi connectivity index (χ0n) is 18.9. The van der Waals surface area contributed by atoms with E-state index in [1.54, 1.807) is 0 Å². The van der Waals surface area contributed by atoms with Gasteiger partial charge in [-0.3, -0.25) is 9.59 Å². The molecule has 8 heteroatoms. The molecule has 4 atom stereocenters. The molecule has 0 aromatic heterocycles. The van der Waals surface area contributed by atoms with Crippen LogP contribution in [0.2, 0.25) is 0 Å². The number of carboxylic acids is 1. The van der Waals surface area contributed by atoms with Crippen LogP contribution in [0.4, 0.5) is 4.79 Å². The Balaban J connectivity index is 1.60. The fraction of sp³-hybridized carbons (Fsp3) is 0.870. The van der Waals surface area contributed by atoms with Gasteiger partial charge in [0.2, 0.25) is 0 Å². The molecule has 0 aliphatic carbocycles. The van der Waals surface area contributed by atoms with Gasteiger partial charge < -0.3 is 25.2 Å². The molecule has 0 radical (unpaired) electrons. The van der Waals surface area contributed by atoms with Gasteiger partial charge in [-0.25, -0.2) is 4.79 Å². The highest BCUT2D eigenvalue weighted by molar-refractivity contribution is 5.80. The molecule has 0 spiro atoms. The monoisotopic (exact) mass is 440 g/mol. The van der Waals surface area contributed by atoms with E-state index in [2.05, 4.69) is 17.6 Å². The molecule has 0 aromatic carbocycles. The van der Waals surface area contributed by atoms with Crippen LogP contribution in [0.3, 0.4) is 0 Å². The van der Waals surface area contributed by atoms with Crippen LogP contribution < -0.4 is 10.6 Å². The van der Waals surface area contributed by atoms with Crippen molar-refractivity contribution >= 4 is 18.0 Å². The van der Waals surface area contributed by atoms with E-state index in [4.69, 9.17) is 14.6 Å². The Morgan fingerprint density at radius 1 is 0.935 bits per heavy atom. The van der Waals surface area contributed by atoms with E-state index in [0.29, 0.717) is 24.9 Å². The Morgan fingerprint density at radius 2 is 1.65 bits per heavy atom. The van der Waals surface area contributed by atoms with Crippen molar-refractivity contribution in [3.05, 3.63) is 0 Å². The third-order valence-electron chi connectivity index (χ3n) is 6.44. The number of ether oxygens (including phenoxy) is 2. The molecule has 2 bridgehead atoms. The summed E-state index contributed by atoms with van der Waals surface area (Å²) in [5.41, 5.74) is 0. The smallest absolute Gasteiger partial charge is 0.407 e. The van der Waals surface area contributed by atoms with Gasteiger partial charge in [-0.15, -0.1) is 0 Å². The summed E-state index contributed by atoms with van der Waals surface area (Å²) in [4.78, 5) is 34.4. The van der Waals surface area contributed by atoms with Crippen LogP contribution in [0.25, 0.3) is 0 Å². The van der Waals surface area contributed by atoms with Crippen LogP contribution in [-0.2, 0) is 19.1 Å². The molecule has 2 aliphatic rings. The fourth-order valence-corrected chi connectivity index (χ4v) is 4.77. The Hall–Kier alpha value is -1.83. The highest BCUT2D eigenvalue weighted by Gasteiger charge is 2.48. The van der Waals surface area contributed by atoms with Gasteiger partial charge in [0.25, 0.3) is 5.91 Å². The van der Waals surface area contributed by atoms with E-state index in [0.717, 1.165) is 70.6 Å². The van der Waals surface area contributed by atoms with Crippen LogP contribution >= 0.6 is 0 Å². The summed E-state index contributed by atoms with van der Waals surface area (Å²) < 4.78 is 11.1. The zero-order valence-corrected chi connectivity index (χ0v) is 18.9. The van der Waals surface area contributed by atoms with E-state index in [-0.39, 0.29) is 31.1 Å². The first-order valence-corrected chi connectivity index (χ1v) is 12.1. The quantitative estimate of drug-likeness (QED) is 0.316. The lowest BCUT2D eigenvalue weighted by Crippen LogP contribution is -2.40. The normalized spacial score (nSPS) is 24.2. The van der Waals surface area contributed by atoms with Crippen molar-refractivity contribution in [2.45, 2.75) is 96.2 Å². The predicted molar refractivity (Wildman–Crippen MR) is 117 cm³/mol. The lowest BCUT2D eigenvalue weighted by atomic mass is 9.76. The van der Waals surface area contributed by atoms with E-state index >= 15 is 0 Å². The van der Waals surface area contributed by atoms with Gasteiger partial charge in [0.1, 0.15) is 0 Å². The molecule has 0 saturated carbocycles. The van der Waals surface area contributed by atoms with Crippen LogP contribution in [0, 0.1) is 11.8 Å². The Kier molecular flexibility index (Phi) is 11.7. The van der Waals surface area contributed by atoms with E-state index in [1.807, 2.05) is 0 Å². The molecule has 2 heterocycles. The molecule has 8 nitrogen and oxygen atoms in total. The van der Waals surface area contributed by atoms with Crippen molar-refractivity contribution in [1.29, 1.82) is 0 Å². The first kappa shape index (κ1) is 25.4. The van der Waals surface area contributed by atoms with Crippen LogP contribution in [0.15, 0.2) is 0 Å². The minimum Gasteiger partial charge on any atom is -0.481 e. The number of carboxylic acid groups (broad SMARTS) is 1. The van der Waals surface area contributed by atoms with Gasteiger partial charge in [-0.05, 0) is 38.0 Å². The zero-order chi connectivity index (χ0) is 22.5. The minimum atomic E-state index is -0.731. The second kappa shape index (κ2) is 14.3. The number of aliphatic carboxylic acids is 1. The number of nitrogens with one attached hydrogen (secondary N) is 2. The van der Waals surface area contributed by atoms with Gasteiger partial charge >= 0.3 is 12.1 Å². The van der Waals surface area contributed by atoms with Crippen LogP contribution in [-0.4, -0.2) is 55.0 Å². The maximum Gasteiger partial charge on any atom is 0.407 e. The molecule has 31 heavy (non-hydrogen) atoms. The third-order valence-corrected chi connectivity index (χ3v) is 6.44. The van der Waals surface area contributed by atoms with E-state index in [1.165, 1.54) is 0 Å². The number of alkyl carbamates (subject to hydrolysis) is 1. The largest absolute Gasteiger partial charge is 0.481 e. The van der Waals surface area contributed by atoms with Crippen molar-refractivity contribution in [2.75, 3.05) is 19.7 Å². The Bertz CT molecular complexity index is 570. The lowest BCUT2D eigenvalue weighted by Gasteiger charge is -2.28. The van der Waals surface area contributed by atoms with Gasteiger partial charge in [0, 0.05) is 25.4 Å². The molecule has 2 rings (SSSR count). The molecule has 2 saturated heterocycles. The summed E-state index contributed by atoms with van der Waals surface area (Å²) in [5, 5.41) is 14.3. The maximum atomic E-state index is 12.1. The van der Waals surface area contributed by atoms with Crippen molar-refractivity contribution in [1.82, 2.24) is 10.6 Å². The molecular formula is C23H40N2O6. The van der Waals surface area contributed by atoms with Crippen molar-refractivity contribution in [3.8, 4) is 0 Å². The third kappa shape index (κ3) is 9.46. The van der Waals surface area contributed by atoms with Crippen molar-refractivity contribution in [2.24, 2.45) is 11.8 Å². The van der Waals surface area contributed by atoms with Crippen molar-refractivity contribution in [3.63, 3.8) is 0 Å². The summed E-state index contributed by atoms with van der Waals surface area (Å²) in [6.45, 7) is 2.99. The number of carbonyl (C=O) groups excluding carboxylic acids is 2. The number of rotatable bonds is 16. The van der Waals surface area contributed by atoms with Gasteiger partial charge in [0.05, 0.1) is 12.2 Å². The highest BCUT2D eigenvalue weighted by atomic mass is 16.6. The lowest BCUT2D eigenvalue weighted by molar-refractivity contribution is -0.137. The number of unbranched alkanes of at least 4 members (excludes halogenated alkanes) is 6. The summed E-state index contributed by atoms with van der Waals surface area (Å²) in [6.07, 6.45) is 11.4. The summed E-state index contributed by atoms with van der Waals surface area (Å²) >= 11 is 0. The maximum absolute atomic E-state index is 12.1. The van der Waals surface area contributed by atoms with Crippen LogP contribution in [0.5, 0.6) is 0 Å². The molecule has 4 unspecified atom stereocenters. The fourth-order valence-electron chi connectivity index (χ4n) is 4.77. The Morgan fingerprint density at radius 3 is 2.39 bits per heavy atom. The van der Waals surface area contributed by atoms with Gasteiger partial charge in [-0.2, -0.15) is 0 Å². The van der Waals surface area contributed by atoms with E-state index in [9.17, 15) is 14.4 Å². The molecule has 3 N–H and O–H groups in total. The van der Waals surface area contributed by atoms with E-state index < -0.39 is 12.1 Å². The number of hydrogen-bond donors (Lipinski definition) is 3. The Labute approximate surface area is 185 Å². The van der Waals surface area contributed by atoms with Crippen LogP contribution in [0.1, 0.15) is 84.0 Å². The number of amides is 2. The van der Waals surface area contributed by atoms with Gasteiger partial charge in [0.15, 0.2) is 6.61 Å². The average molecular weight is 441 g/mol. The predicted octanol–water partition coefficient (Wildman–Crippen LogP) is 3.63. The number of carbonyl (C=O) groups is 3. The molecule has 178 valence electrons. The first-order chi connectivity index (χ1) is 15.0. The summed E-state index contributed by atoms with van der Waals surface area (Å²) in [5.74, 6) is -0.276. The molecule has 0 aromatic rings. The summed E-state index contributed by atoms with van der Waals surface area (Å²) in [6, 6.07) is 0. The minimum absolute atomic E-state index is 0.203. The number of hydrogen-bond acceptors (Lipinski definition) is 5. The molecule has 2 aliphatic heterocycles. The average Bonchev–Trinajstić information content (AvgIpc) is 3.34. The topological polar surface area (TPSA) is 114 Å². The number of fused-ring (bicyclic) bond motifs is 2. The first-order valence-electron chi connectivity index (χ1n) is 12.1. The second-order valence-corrected chi connectivity index (χ2v) is 8.83. The molecule has 2 amide bonds. The molecule has 2 fully saturated rings. The van der Waals surface area contributed by atoms with Gasteiger partial charge in [-0.1, -0.05) is 45.4 Å². The second-order valence-electron chi connectivity index (χ2n) is 8.83. The SMILES string of the molecule is CCCCCCNC(=O)OCC(=O)NCC1C2CCC(O2)C1CCCCCCC(=O)O. The summed E-state index contributed by atoms with van der Waals surface area (Å²) in [7, 11) is 0. The van der Waals surface area contributed by atoms with Crippen molar-refractivity contribution < 1.29 is 29.0 Å². The molecular weight excluding hydrogens is 400 g/mol.